The van der Waals surface area contributed by atoms with Crippen molar-refractivity contribution in [1.82, 2.24) is 0 Å². The summed E-state index contributed by atoms with van der Waals surface area (Å²) in [5.41, 5.74) is 8.87. The van der Waals surface area contributed by atoms with Crippen molar-refractivity contribution in [1.29, 1.82) is 0 Å². The molecule has 1 unspecified atom stereocenters. The Morgan fingerprint density at radius 2 is 1.11 bits per heavy atom. The molecule has 1 aliphatic carbocycles. The van der Waals surface area contributed by atoms with E-state index >= 15 is 0 Å². The lowest BCUT2D eigenvalue weighted by atomic mass is 9.96. The van der Waals surface area contributed by atoms with Gasteiger partial charge in [0.25, 0.3) is 0 Å². The van der Waals surface area contributed by atoms with Gasteiger partial charge in [-0.15, -0.1) is 10.2 Å². The average Bonchev–Trinajstić information content (AvgIpc) is 3.55. The summed E-state index contributed by atoms with van der Waals surface area (Å²) >= 11 is 3.56. The Morgan fingerprint density at radius 1 is 0.617 bits per heavy atom. The second kappa shape index (κ2) is 14.4. The van der Waals surface area contributed by atoms with Crippen molar-refractivity contribution < 1.29 is 38.3 Å². The van der Waals surface area contributed by atoms with Crippen LogP contribution in [-0.2, 0) is 4.74 Å². The molecule has 2 heterocycles. The number of rotatable bonds is 4. The summed E-state index contributed by atoms with van der Waals surface area (Å²) in [6.07, 6.45) is 13.8. The van der Waals surface area contributed by atoms with Gasteiger partial charge in [-0.05, 0) is 52.7 Å². The summed E-state index contributed by atoms with van der Waals surface area (Å²) in [6, 6.07) is 39.7. The lowest BCUT2D eigenvalue weighted by molar-refractivity contribution is -2.00. The van der Waals surface area contributed by atoms with E-state index in [0.29, 0.717) is 0 Å². The predicted octanol–water partition coefficient (Wildman–Crippen LogP) is 4.53. The van der Waals surface area contributed by atoms with Gasteiger partial charge in [0, 0.05) is 38.9 Å². The second-order valence-corrected chi connectivity index (χ2v) is 12.4. The monoisotopic (exact) mass is 706 g/mol. The van der Waals surface area contributed by atoms with Crippen molar-refractivity contribution in [2.24, 2.45) is 5.10 Å². The molecule has 7 nitrogen and oxygen atoms in total. The van der Waals surface area contributed by atoms with Gasteiger partial charge < -0.3 is 4.74 Å². The fourth-order valence-electron chi connectivity index (χ4n) is 5.46. The first-order valence-electron chi connectivity index (χ1n) is 14.7. The molecule has 0 fully saturated rings. The standard InChI is InChI=1S/C38H28BrN2O.ClHO4/c39-33-20-16-28(17-21-33)35-26-36(29-10-4-1-5-11-29)41(40-35)34-22-18-27(19-23-34)32-24-37(30-12-6-2-7-13-30)42-38(25-32)31-14-8-3-9-15-31;2-1(3,4)5/h1-25,36H,26H2;(H,2,3,4,5)/q+1;/p-1. The van der Waals surface area contributed by atoms with Gasteiger partial charge in [-0.1, -0.05) is 124 Å². The molecular formula is C38H28BrClN2O5. The van der Waals surface area contributed by atoms with E-state index < -0.39 is 10.2 Å². The smallest absolute Gasteiger partial charge is 0.232 e. The molecule has 9 heteroatoms. The number of allylic oxidation sites excluding steroid dienone is 8. The normalized spacial score (nSPS) is 17.4. The van der Waals surface area contributed by atoms with Gasteiger partial charge in [0.05, 0.1) is 6.42 Å². The van der Waals surface area contributed by atoms with E-state index in [1.54, 1.807) is 0 Å². The van der Waals surface area contributed by atoms with Crippen molar-refractivity contribution in [2.75, 3.05) is 0 Å². The number of nitrogens with zero attached hydrogens (tertiary/aromatic N) is 2. The summed E-state index contributed by atoms with van der Waals surface area (Å²) in [5.74, 6) is 1.67. The molecule has 0 radical (unpaired) electrons. The Kier molecular flexibility index (Phi) is 9.89. The number of ether oxygens (including phenoxy) is 1. The molecular weight excluding hydrogens is 680 g/mol. The molecule has 234 valence electrons. The molecule has 7 rings (SSSR count). The predicted molar refractivity (Wildman–Crippen MR) is 175 cm³/mol. The lowest BCUT2D eigenvalue weighted by Crippen LogP contribution is -2.68. The van der Waals surface area contributed by atoms with Crippen molar-refractivity contribution >= 4 is 38.9 Å². The van der Waals surface area contributed by atoms with Crippen LogP contribution < -0.4 is 18.6 Å². The maximum absolute atomic E-state index is 8.49. The number of hydrazone groups is 1. The molecule has 4 aromatic rings. The Balaban J connectivity index is 0.000000720. The number of halogens is 2. The van der Waals surface area contributed by atoms with E-state index in [0.717, 1.165) is 61.7 Å². The van der Waals surface area contributed by atoms with E-state index in [9.17, 15) is 0 Å². The average molecular weight is 708 g/mol. The van der Waals surface area contributed by atoms with Crippen LogP contribution in [-0.4, -0.2) is 16.1 Å². The minimum Gasteiger partial charge on any atom is -0.456 e. The third kappa shape index (κ3) is 8.38. The van der Waals surface area contributed by atoms with Gasteiger partial charge in [0.2, 0.25) is 11.8 Å². The van der Waals surface area contributed by atoms with Crippen LogP contribution in [0.3, 0.4) is 0 Å². The Bertz CT molecular complexity index is 1880. The topological polar surface area (TPSA) is 117 Å². The molecule has 1 atom stereocenters. The minimum absolute atomic E-state index is 0.126. The van der Waals surface area contributed by atoms with Gasteiger partial charge in [-0.25, -0.2) is 18.6 Å². The zero-order valence-corrected chi connectivity index (χ0v) is 27.3. The fraction of sp³-hybridized carbons (Fsp3) is 0.0526. The minimum atomic E-state index is -4.94. The van der Waals surface area contributed by atoms with Gasteiger partial charge in [0.1, 0.15) is 17.2 Å². The number of hydrogen-bond donors (Lipinski definition) is 0. The first-order chi connectivity index (χ1) is 22.7. The summed E-state index contributed by atoms with van der Waals surface area (Å²) in [6.45, 7) is 0. The van der Waals surface area contributed by atoms with E-state index in [1.165, 1.54) is 5.56 Å². The molecule has 0 spiro atoms. The van der Waals surface area contributed by atoms with Gasteiger partial charge in [-0.2, -0.15) is 0 Å². The van der Waals surface area contributed by atoms with Gasteiger partial charge >= 0.3 is 0 Å². The SMILES string of the molecule is Brc1ccc(C2=N[N+](=C3C=CC(=C4C=C(c5ccccc5)OC(c5ccccc5)=C4)C=C3)C(c3ccccc3)C2)cc1.[O-][Cl+3]([O-])([O-])[O-]. The Hall–Kier alpha value is -4.67. The Labute approximate surface area is 283 Å². The fourth-order valence-corrected chi connectivity index (χ4v) is 5.73. The summed E-state index contributed by atoms with van der Waals surface area (Å²) in [7, 11) is -4.94. The third-order valence-electron chi connectivity index (χ3n) is 7.65. The maximum Gasteiger partial charge on any atom is 0.232 e. The summed E-state index contributed by atoms with van der Waals surface area (Å²) in [4.78, 5) is 0. The summed E-state index contributed by atoms with van der Waals surface area (Å²) in [5, 5.41) is 5.15. The van der Waals surface area contributed by atoms with Crippen molar-refractivity contribution in [3.05, 3.63) is 190 Å². The molecule has 3 aliphatic rings. The molecule has 4 aromatic carbocycles. The van der Waals surface area contributed by atoms with E-state index in [2.05, 4.69) is 136 Å². The molecule has 0 saturated heterocycles. The van der Waals surface area contributed by atoms with Crippen molar-refractivity contribution in [3.8, 4) is 0 Å². The quantitative estimate of drug-likeness (QED) is 0.289. The van der Waals surface area contributed by atoms with E-state index in [-0.39, 0.29) is 6.04 Å². The van der Waals surface area contributed by atoms with Crippen molar-refractivity contribution in [3.63, 3.8) is 0 Å². The first-order valence-corrected chi connectivity index (χ1v) is 16.7. The van der Waals surface area contributed by atoms with Crippen LogP contribution in [0.2, 0.25) is 0 Å². The lowest BCUT2D eigenvalue weighted by Gasteiger charge is -2.20. The van der Waals surface area contributed by atoms with E-state index in [4.69, 9.17) is 28.5 Å². The zero-order chi connectivity index (χ0) is 32.8. The third-order valence-corrected chi connectivity index (χ3v) is 8.18. The van der Waals surface area contributed by atoms with E-state index in [1.807, 2.05) is 36.4 Å². The zero-order valence-electron chi connectivity index (χ0n) is 24.9. The highest BCUT2D eigenvalue weighted by atomic mass is 79.9. The molecule has 2 aliphatic heterocycles. The highest BCUT2D eigenvalue weighted by Gasteiger charge is 2.36. The molecule has 47 heavy (non-hydrogen) atoms. The highest BCUT2D eigenvalue weighted by Crippen LogP contribution is 2.35. The van der Waals surface area contributed by atoms with Crippen LogP contribution in [0.25, 0.3) is 11.5 Å². The van der Waals surface area contributed by atoms with Crippen LogP contribution in [0.5, 0.6) is 0 Å². The van der Waals surface area contributed by atoms with Crippen LogP contribution in [0.15, 0.2) is 172 Å². The second-order valence-electron chi connectivity index (χ2n) is 10.8. The molecule has 0 saturated carbocycles. The molecule has 0 N–H and O–H groups in total. The molecule has 0 amide bonds. The first kappa shape index (κ1) is 32.3. The van der Waals surface area contributed by atoms with Crippen LogP contribution in [0.4, 0.5) is 0 Å². The largest absolute Gasteiger partial charge is 0.456 e. The van der Waals surface area contributed by atoms with Crippen LogP contribution in [0, 0.1) is 10.2 Å². The number of hydrogen-bond acceptors (Lipinski definition) is 6. The molecule has 0 aromatic heterocycles. The van der Waals surface area contributed by atoms with Crippen molar-refractivity contribution in [2.45, 2.75) is 12.5 Å². The van der Waals surface area contributed by atoms with Crippen LogP contribution >= 0.6 is 15.9 Å². The maximum atomic E-state index is 8.49. The summed E-state index contributed by atoms with van der Waals surface area (Å²) < 4.78 is 43.6. The number of benzene rings is 4. The van der Waals surface area contributed by atoms with Crippen LogP contribution in [0.1, 0.15) is 34.7 Å². The van der Waals surface area contributed by atoms with Gasteiger partial charge in [0.15, 0.2) is 0 Å². The molecule has 0 bridgehead atoms. The Morgan fingerprint density at radius 3 is 1.62 bits per heavy atom. The highest BCUT2D eigenvalue weighted by molar-refractivity contribution is 9.10. The van der Waals surface area contributed by atoms with Gasteiger partial charge in [-0.3, -0.25) is 0 Å².